The van der Waals surface area contributed by atoms with Crippen LogP contribution in [0.4, 0.5) is 0 Å². The number of methoxy groups -OCH3 is 1. The van der Waals surface area contributed by atoms with Gasteiger partial charge in [-0.25, -0.2) is 0 Å². The van der Waals surface area contributed by atoms with Crippen molar-refractivity contribution in [1.82, 2.24) is 10.2 Å². The molecule has 0 spiro atoms. The van der Waals surface area contributed by atoms with Gasteiger partial charge in [0.1, 0.15) is 0 Å². The van der Waals surface area contributed by atoms with Gasteiger partial charge in [0.15, 0.2) is 0 Å². The third kappa shape index (κ3) is 4.64. The molecule has 1 aliphatic rings. The summed E-state index contributed by atoms with van der Waals surface area (Å²) in [6, 6.07) is 0. The fraction of sp³-hybridized carbons (Fsp3) is 0.923. The molecule has 4 nitrogen and oxygen atoms in total. The summed E-state index contributed by atoms with van der Waals surface area (Å²) in [6.07, 6.45) is 2.45. The zero-order valence-corrected chi connectivity index (χ0v) is 11.6. The van der Waals surface area contributed by atoms with Gasteiger partial charge in [-0.3, -0.25) is 4.79 Å². The molecule has 0 aromatic rings. The summed E-state index contributed by atoms with van der Waals surface area (Å²) in [6.45, 7) is 8.27. The average molecular weight is 242 g/mol. The van der Waals surface area contributed by atoms with Gasteiger partial charge in [-0.2, -0.15) is 0 Å². The van der Waals surface area contributed by atoms with E-state index in [1.165, 1.54) is 33.0 Å². The van der Waals surface area contributed by atoms with E-state index in [-0.39, 0.29) is 11.9 Å². The minimum Gasteiger partial charge on any atom is -0.469 e. The Kier molecular flexibility index (Phi) is 5.40. The number of esters is 1. The quantitative estimate of drug-likeness (QED) is 0.734. The fourth-order valence-corrected chi connectivity index (χ4v) is 2.21. The van der Waals surface area contributed by atoms with Crippen molar-refractivity contribution >= 4 is 5.97 Å². The molecule has 1 saturated heterocycles. The minimum atomic E-state index is -0.133. The number of likely N-dealkylation sites (tertiary alicyclic amines) is 1. The molecule has 4 heteroatoms. The summed E-state index contributed by atoms with van der Waals surface area (Å²) in [4.78, 5) is 13.6. The second kappa shape index (κ2) is 6.36. The van der Waals surface area contributed by atoms with E-state index in [1.54, 1.807) is 0 Å². The number of rotatable bonds is 5. The van der Waals surface area contributed by atoms with E-state index in [4.69, 9.17) is 4.74 Å². The highest BCUT2D eigenvalue weighted by Gasteiger charge is 2.28. The van der Waals surface area contributed by atoms with Crippen LogP contribution in [-0.4, -0.2) is 51.2 Å². The Morgan fingerprint density at radius 3 is 2.59 bits per heavy atom. The Bertz CT molecular complexity index is 248. The lowest BCUT2D eigenvalue weighted by Crippen LogP contribution is -2.43. The molecule has 1 N–H and O–H groups in total. The van der Waals surface area contributed by atoms with E-state index >= 15 is 0 Å². The van der Waals surface area contributed by atoms with Crippen molar-refractivity contribution in [2.75, 3.05) is 40.3 Å². The molecule has 0 amide bonds. The first-order valence-corrected chi connectivity index (χ1v) is 6.44. The van der Waals surface area contributed by atoms with Crippen molar-refractivity contribution in [2.24, 2.45) is 11.3 Å². The van der Waals surface area contributed by atoms with Crippen LogP contribution in [0, 0.1) is 11.3 Å². The number of hydrogen-bond acceptors (Lipinski definition) is 4. The normalized spacial score (nSPS) is 22.1. The van der Waals surface area contributed by atoms with Gasteiger partial charge in [-0.15, -0.1) is 0 Å². The SMILES string of the molecule is COC(=O)C(C)CNCC1(C)CCN(C)CC1. The van der Waals surface area contributed by atoms with Gasteiger partial charge >= 0.3 is 5.97 Å². The van der Waals surface area contributed by atoms with Gasteiger partial charge in [0.2, 0.25) is 0 Å². The monoisotopic (exact) mass is 242 g/mol. The fourth-order valence-electron chi connectivity index (χ4n) is 2.21. The summed E-state index contributed by atoms with van der Waals surface area (Å²) >= 11 is 0. The summed E-state index contributed by atoms with van der Waals surface area (Å²) in [5.41, 5.74) is 0.377. The topological polar surface area (TPSA) is 41.6 Å². The maximum Gasteiger partial charge on any atom is 0.309 e. The molecule has 17 heavy (non-hydrogen) atoms. The molecule has 1 aliphatic heterocycles. The molecule has 0 aromatic carbocycles. The van der Waals surface area contributed by atoms with Crippen LogP contribution in [0.2, 0.25) is 0 Å². The highest BCUT2D eigenvalue weighted by molar-refractivity contribution is 5.71. The van der Waals surface area contributed by atoms with Crippen molar-refractivity contribution in [3.8, 4) is 0 Å². The second-order valence-electron chi connectivity index (χ2n) is 5.67. The second-order valence-corrected chi connectivity index (χ2v) is 5.67. The van der Waals surface area contributed by atoms with Gasteiger partial charge in [-0.05, 0) is 38.4 Å². The van der Waals surface area contributed by atoms with Crippen molar-refractivity contribution in [2.45, 2.75) is 26.7 Å². The van der Waals surface area contributed by atoms with Crippen molar-refractivity contribution in [1.29, 1.82) is 0 Å². The van der Waals surface area contributed by atoms with Crippen molar-refractivity contribution < 1.29 is 9.53 Å². The third-order valence-electron chi connectivity index (χ3n) is 3.80. The molecule has 0 aliphatic carbocycles. The van der Waals surface area contributed by atoms with E-state index < -0.39 is 0 Å². The number of piperidine rings is 1. The van der Waals surface area contributed by atoms with Crippen LogP contribution in [0.3, 0.4) is 0 Å². The predicted octanol–water partition coefficient (Wildman–Crippen LogP) is 1.12. The zero-order valence-electron chi connectivity index (χ0n) is 11.6. The first-order chi connectivity index (χ1) is 7.97. The lowest BCUT2D eigenvalue weighted by molar-refractivity contribution is -0.144. The van der Waals surface area contributed by atoms with E-state index in [0.717, 1.165) is 6.54 Å². The van der Waals surface area contributed by atoms with Gasteiger partial charge in [0.05, 0.1) is 13.0 Å². The molecule has 0 aromatic heterocycles. The van der Waals surface area contributed by atoms with Gasteiger partial charge in [-0.1, -0.05) is 13.8 Å². The molecule has 0 radical (unpaired) electrons. The average Bonchev–Trinajstić information content (AvgIpc) is 2.32. The van der Waals surface area contributed by atoms with E-state index in [2.05, 4.69) is 24.2 Å². The highest BCUT2D eigenvalue weighted by atomic mass is 16.5. The molecule has 1 atom stereocenters. The number of nitrogens with one attached hydrogen (secondary N) is 1. The van der Waals surface area contributed by atoms with Crippen molar-refractivity contribution in [3.63, 3.8) is 0 Å². The maximum absolute atomic E-state index is 11.2. The van der Waals surface area contributed by atoms with Gasteiger partial charge < -0.3 is 15.0 Å². The van der Waals surface area contributed by atoms with Gasteiger partial charge in [0, 0.05) is 13.1 Å². The zero-order chi connectivity index (χ0) is 12.9. The van der Waals surface area contributed by atoms with E-state index in [0.29, 0.717) is 12.0 Å². The van der Waals surface area contributed by atoms with Crippen molar-refractivity contribution in [3.05, 3.63) is 0 Å². The van der Waals surface area contributed by atoms with Crippen LogP contribution in [-0.2, 0) is 9.53 Å². The molecule has 1 fully saturated rings. The van der Waals surface area contributed by atoms with E-state index in [1.807, 2.05) is 6.92 Å². The Labute approximate surface area is 105 Å². The van der Waals surface area contributed by atoms with Gasteiger partial charge in [0.25, 0.3) is 0 Å². The molecular weight excluding hydrogens is 216 g/mol. The van der Waals surface area contributed by atoms with E-state index in [9.17, 15) is 4.79 Å². The van der Waals surface area contributed by atoms with Crippen LogP contribution in [0.15, 0.2) is 0 Å². The molecule has 0 bridgehead atoms. The number of hydrogen-bond donors (Lipinski definition) is 1. The first-order valence-electron chi connectivity index (χ1n) is 6.44. The smallest absolute Gasteiger partial charge is 0.309 e. The summed E-state index contributed by atoms with van der Waals surface area (Å²) < 4.78 is 4.71. The van der Waals surface area contributed by atoms with Crippen LogP contribution >= 0.6 is 0 Å². The standard InChI is InChI=1S/C13H26N2O2/c1-11(12(16)17-4)9-14-10-13(2)5-7-15(3)8-6-13/h11,14H,5-10H2,1-4H3. The third-order valence-corrected chi connectivity index (χ3v) is 3.80. The predicted molar refractivity (Wildman–Crippen MR) is 68.9 cm³/mol. The van der Waals surface area contributed by atoms with Crippen LogP contribution < -0.4 is 5.32 Å². The van der Waals surface area contributed by atoms with Crippen LogP contribution in [0.25, 0.3) is 0 Å². The number of nitrogens with zero attached hydrogens (tertiary/aromatic N) is 1. The molecule has 1 heterocycles. The maximum atomic E-state index is 11.2. The molecule has 1 rings (SSSR count). The molecule has 100 valence electrons. The first kappa shape index (κ1) is 14.5. The molecular formula is C13H26N2O2. The largest absolute Gasteiger partial charge is 0.469 e. The minimum absolute atomic E-state index is 0.0603. The Morgan fingerprint density at radius 2 is 2.06 bits per heavy atom. The summed E-state index contributed by atoms with van der Waals surface area (Å²) in [5.74, 6) is -0.194. The highest BCUT2D eigenvalue weighted by Crippen LogP contribution is 2.29. The Hall–Kier alpha value is -0.610. The number of carbonyl (C=O) groups is 1. The lowest BCUT2D eigenvalue weighted by atomic mass is 9.80. The van der Waals surface area contributed by atoms with Crippen LogP contribution in [0.1, 0.15) is 26.7 Å². The summed E-state index contributed by atoms with van der Waals surface area (Å²) in [5, 5.41) is 3.41. The Morgan fingerprint density at radius 1 is 1.47 bits per heavy atom. The molecule has 0 saturated carbocycles. The number of carbonyl (C=O) groups excluding carboxylic acids is 1. The molecule has 1 unspecified atom stereocenters. The number of ether oxygens (including phenoxy) is 1. The van der Waals surface area contributed by atoms with Crippen LogP contribution in [0.5, 0.6) is 0 Å². The lowest BCUT2D eigenvalue weighted by Gasteiger charge is -2.38. The summed E-state index contributed by atoms with van der Waals surface area (Å²) in [7, 11) is 3.61. The Balaban J connectivity index is 2.24.